The Hall–Kier alpha value is -2.47. The molecule has 0 spiro atoms. The van der Waals surface area contributed by atoms with E-state index in [-0.39, 0.29) is 11.7 Å². The lowest BCUT2D eigenvalue weighted by Crippen LogP contribution is -2.52. The van der Waals surface area contributed by atoms with Gasteiger partial charge < -0.3 is 15.8 Å². The smallest absolute Gasteiger partial charge is 0.245 e. The Morgan fingerprint density at radius 3 is 2.72 bits per heavy atom. The Balaban J connectivity index is 1.83. The van der Waals surface area contributed by atoms with Crippen molar-refractivity contribution in [3.05, 3.63) is 42.3 Å². The summed E-state index contributed by atoms with van der Waals surface area (Å²) in [6.07, 6.45) is 6.01. The molecule has 6 heteroatoms. The van der Waals surface area contributed by atoms with Gasteiger partial charge in [0.15, 0.2) is 0 Å². The van der Waals surface area contributed by atoms with Crippen LogP contribution < -0.4 is 15.8 Å². The number of nitrogens with zero attached hydrogens (tertiary/aromatic N) is 1. The molecule has 1 aliphatic carbocycles. The SMILES string of the molecule is COc1cc(F)ccc1-c1ccnc(NC(=O)C2(N)CCCCC2)c1. The van der Waals surface area contributed by atoms with E-state index in [1.807, 2.05) is 0 Å². The fourth-order valence-corrected chi connectivity index (χ4v) is 3.22. The van der Waals surface area contributed by atoms with Crippen molar-refractivity contribution in [2.75, 3.05) is 12.4 Å². The molecule has 5 nitrogen and oxygen atoms in total. The van der Waals surface area contributed by atoms with Crippen molar-refractivity contribution in [1.82, 2.24) is 4.98 Å². The van der Waals surface area contributed by atoms with E-state index in [1.165, 1.54) is 19.2 Å². The van der Waals surface area contributed by atoms with E-state index in [0.29, 0.717) is 24.4 Å². The molecule has 1 heterocycles. The molecule has 0 atom stereocenters. The Bertz CT molecular complexity index is 773. The number of amides is 1. The largest absolute Gasteiger partial charge is 0.496 e. The summed E-state index contributed by atoms with van der Waals surface area (Å²) in [4.78, 5) is 16.8. The third-order valence-electron chi connectivity index (χ3n) is 4.67. The van der Waals surface area contributed by atoms with Crippen LogP contribution in [0.5, 0.6) is 5.75 Å². The maximum absolute atomic E-state index is 13.4. The van der Waals surface area contributed by atoms with Crippen LogP contribution in [0, 0.1) is 5.82 Å². The molecular formula is C19H22FN3O2. The molecule has 1 saturated carbocycles. The first-order chi connectivity index (χ1) is 12.0. The van der Waals surface area contributed by atoms with Gasteiger partial charge >= 0.3 is 0 Å². The zero-order valence-electron chi connectivity index (χ0n) is 14.2. The second kappa shape index (κ2) is 7.19. The number of hydrogen-bond acceptors (Lipinski definition) is 4. The highest BCUT2D eigenvalue weighted by molar-refractivity contribution is 5.97. The van der Waals surface area contributed by atoms with E-state index in [1.54, 1.807) is 24.4 Å². The molecule has 1 aromatic heterocycles. The van der Waals surface area contributed by atoms with E-state index in [0.717, 1.165) is 30.4 Å². The van der Waals surface area contributed by atoms with Gasteiger partial charge in [0.25, 0.3) is 0 Å². The summed E-state index contributed by atoms with van der Waals surface area (Å²) in [5, 5.41) is 2.82. The van der Waals surface area contributed by atoms with Crippen molar-refractivity contribution < 1.29 is 13.9 Å². The van der Waals surface area contributed by atoms with Crippen molar-refractivity contribution in [1.29, 1.82) is 0 Å². The van der Waals surface area contributed by atoms with E-state index >= 15 is 0 Å². The van der Waals surface area contributed by atoms with E-state index in [4.69, 9.17) is 10.5 Å². The number of methoxy groups -OCH3 is 1. The van der Waals surface area contributed by atoms with Crippen molar-refractivity contribution in [3.63, 3.8) is 0 Å². The molecule has 132 valence electrons. The lowest BCUT2D eigenvalue weighted by Gasteiger charge is -2.31. The molecule has 0 aliphatic heterocycles. The van der Waals surface area contributed by atoms with Gasteiger partial charge in [-0.2, -0.15) is 0 Å². The summed E-state index contributed by atoms with van der Waals surface area (Å²) in [6.45, 7) is 0. The molecule has 2 aromatic rings. The van der Waals surface area contributed by atoms with Crippen molar-refractivity contribution in [3.8, 4) is 16.9 Å². The van der Waals surface area contributed by atoms with Crippen LogP contribution in [0.3, 0.4) is 0 Å². The summed E-state index contributed by atoms with van der Waals surface area (Å²) in [6, 6.07) is 7.85. The van der Waals surface area contributed by atoms with Gasteiger partial charge in [0.2, 0.25) is 5.91 Å². The molecule has 0 saturated heterocycles. The number of nitrogens with one attached hydrogen (secondary N) is 1. The Labute approximate surface area is 146 Å². The minimum atomic E-state index is -0.830. The van der Waals surface area contributed by atoms with Crippen LogP contribution in [0.15, 0.2) is 36.5 Å². The number of aromatic nitrogens is 1. The van der Waals surface area contributed by atoms with Gasteiger partial charge in [-0.05, 0) is 42.7 Å². The van der Waals surface area contributed by atoms with Gasteiger partial charge in [0.05, 0.1) is 12.6 Å². The monoisotopic (exact) mass is 343 g/mol. The normalized spacial score (nSPS) is 16.3. The van der Waals surface area contributed by atoms with Crippen LogP contribution in [-0.4, -0.2) is 23.5 Å². The number of anilines is 1. The average molecular weight is 343 g/mol. The van der Waals surface area contributed by atoms with E-state index < -0.39 is 5.54 Å². The first-order valence-electron chi connectivity index (χ1n) is 8.42. The Kier molecular flexibility index (Phi) is 4.99. The van der Waals surface area contributed by atoms with Gasteiger partial charge in [-0.15, -0.1) is 0 Å². The summed E-state index contributed by atoms with van der Waals surface area (Å²) < 4.78 is 18.6. The number of carbonyl (C=O) groups excluding carboxylic acids is 1. The highest BCUT2D eigenvalue weighted by Crippen LogP contribution is 2.32. The molecule has 0 radical (unpaired) electrons. The lowest BCUT2D eigenvalue weighted by molar-refractivity contribution is -0.122. The molecule has 3 rings (SSSR count). The maximum atomic E-state index is 13.4. The summed E-state index contributed by atoms with van der Waals surface area (Å²) >= 11 is 0. The predicted octanol–water partition coefficient (Wildman–Crippen LogP) is 3.50. The summed E-state index contributed by atoms with van der Waals surface area (Å²) in [7, 11) is 1.49. The molecule has 1 aromatic carbocycles. The topological polar surface area (TPSA) is 77.2 Å². The Morgan fingerprint density at radius 2 is 2.00 bits per heavy atom. The minimum Gasteiger partial charge on any atom is -0.496 e. The van der Waals surface area contributed by atoms with Gasteiger partial charge in [0.1, 0.15) is 17.4 Å². The third kappa shape index (κ3) is 3.79. The van der Waals surface area contributed by atoms with Crippen LogP contribution in [0.1, 0.15) is 32.1 Å². The highest BCUT2D eigenvalue weighted by Gasteiger charge is 2.35. The minimum absolute atomic E-state index is 0.206. The number of carbonyl (C=O) groups is 1. The van der Waals surface area contributed by atoms with Crippen molar-refractivity contribution in [2.45, 2.75) is 37.6 Å². The third-order valence-corrected chi connectivity index (χ3v) is 4.67. The van der Waals surface area contributed by atoms with Crippen LogP contribution >= 0.6 is 0 Å². The van der Waals surface area contributed by atoms with Gasteiger partial charge in [-0.1, -0.05) is 19.3 Å². The van der Waals surface area contributed by atoms with E-state index in [9.17, 15) is 9.18 Å². The average Bonchev–Trinajstić information content (AvgIpc) is 2.62. The molecule has 3 N–H and O–H groups in total. The molecule has 1 fully saturated rings. The van der Waals surface area contributed by atoms with Crippen LogP contribution in [0.2, 0.25) is 0 Å². The number of hydrogen-bond donors (Lipinski definition) is 2. The lowest BCUT2D eigenvalue weighted by atomic mass is 9.82. The summed E-state index contributed by atoms with van der Waals surface area (Å²) in [5.74, 6) is 0.267. The predicted molar refractivity (Wildman–Crippen MR) is 94.8 cm³/mol. The molecule has 0 bridgehead atoms. The van der Waals surface area contributed by atoms with Crippen LogP contribution in [0.4, 0.5) is 10.2 Å². The van der Waals surface area contributed by atoms with Crippen molar-refractivity contribution >= 4 is 11.7 Å². The Morgan fingerprint density at radius 1 is 1.24 bits per heavy atom. The van der Waals surface area contributed by atoms with Gasteiger partial charge in [0, 0.05) is 17.8 Å². The van der Waals surface area contributed by atoms with Crippen LogP contribution in [-0.2, 0) is 4.79 Å². The zero-order chi connectivity index (χ0) is 17.9. The molecule has 1 amide bonds. The van der Waals surface area contributed by atoms with Gasteiger partial charge in [-0.25, -0.2) is 9.37 Å². The highest BCUT2D eigenvalue weighted by atomic mass is 19.1. The molecule has 1 aliphatic rings. The molecular weight excluding hydrogens is 321 g/mol. The van der Waals surface area contributed by atoms with E-state index in [2.05, 4.69) is 10.3 Å². The quantitative estimate of drug-likeness (QED) is 0.891. The molecule has 0 unspecified atom stereocenters. The summed E-state index contributed by atoms with van der Waals surface area (Å²) in [5.41, 5.74) is 6.93. The maximum Gasteiger partial charge on any atom is 0.245 e. The van der Waals surface area contributed by atoms with Crippen molar-refractivity contribution in [2.24, 2.45) is 5.73 Å². The van der Waals surface area contributed by atoms with Crippen LogP contribution in [0.25, 0.3) is 11.1 Å². The number of pyridine rings is 1. The number of nitrogens with two attached hydrogens (primary N) is 1. The first kappa shape index (κ1) is 17.4. The fourth-order valence-electron chi connectivity index (χ4n) is 3.22. The second-order valence-corrected chi connectivity index (χ2v) is 6.45. The number of benzene rings is 1. The standard InChI is InChI=1S/C19H22FN3O2/c1-25-16-12-14(20)5-6-15(16)13-7-10-22-17(11-13)23-18(24)19(21)8-3-2-4-9-19/h5-7,10-12H,2-4,8-9,21H2,1H3,(H,22,23,24). The number of halogens is 1. The fraction of sp³-hybridized carbons (Fsp3) is 0.368. The zero-order valence-corrected chi connectivity index (χ0v) is 14.2. The first-order valence-corrected chi connectivity index (χ1v) is 8.42. The number of rotatable bonds is 4. The van der Waals surface area contributed by atoms with Gasteiger partial charge in [-0.3, -0.25) is 4.79 Å². The molecule has 25 heavy (non-hydrogen) atoms. The second-order valence-electron chi connectivity index (χ2n) is 6.45. The number of ether oxygens (including phenoxy) is 1.